The molecular weight excluding hydrogens is 364 g/mol. The molecule has 0 saturated carbocycles. The summed E-state index contributed by atoms with van der Waals surface area (Å²) in [7, 11) is 4.28. The fourth-order valence-electron chi connectivity index (χ4n) is 6.34. The van der Waals surface area contributed by atoms with E-state index < -0.39 is 0 Å². The van der Waals surface area contributed by atoms with Gasteiger partial charge in [-0.05, 0) is 64.2 Å². The van der Waals surface area contributed by atoms with Crippen LogP contribution in [0.1, 0.15) is 43.5 Å². The molecule has 1 N–H and O–H groups in total. The van der Waals surface area contributed by atoms with Crippen LogP contribution in [0.15, 0.2) is 6.07 Å². The molecule has 7 nitrogen and oxygen atoms in total. The number of piperidine rings is 3. The maximum atomic E-state index is 12.8. The maximum Gasteiger partial charge on any atom is 0.223 e. The number of likely N-dealkylation sites (N-methyl/N-ethyl adjacent to an activating group) is 1. The van der Waals surface area contributed by atoms with Crippen molar-refractivity contribution in [2.24, 2.45) is 11.8 Å². The zero-order chi connectivity index (χ0) is 20.0. The van der Waals surface area contributed by atoms with Crippen LogP contribution in [-0.4, -0.2) is 82.7 Å². The minimum atomic E-state index is 0.366. The summed E-state index contributed by atoms with van der Waals surface area (Å²) >= 11 is 0. The molecule has 0 aromatic carbocycles. The molecule has 0 spiro atoms. The highest BCUT2D eigenvalue weighted by Gasteiger charge is 2.49. The van der Waals surface area contributed by atoms with Gasteiger partial charge < -0.3 is 15.1 Å². The van der Waals surface area contributed by atoms with Gasteiger partial charge in [0, 0.05) is 57.8 Å². The average Bonchev–Trinajstić information content (AvgIpc) is 2.93. The molecule has 4 aliphatic heterocycles. The van der Waals surface area contributed by atoms with E-state index in [2.05, 4.69) is 44.9 Å². The average molecular weight is 401 g/mol. The predicted octanol–water partition coefficient (Wildman–Crippen LogP) is 1.14. The number of nitrogens with zero attached hydrogens (tertiary/aromatic N) is 5. The Morgan fingerprint density at radius 2 is 2.10 bits per heavy atom. The lowest BCUT2D eigenvalue weighted by molar-refractivity contribution is -0.153. The second-order valence-corrected chi connectivity index (χ2v) is 9.92. The fourth-order valence-corrected chi connectivity index (χ4v) is 6.34. The molecule has 2 bridgehead atoms. The molecule has 5 heterocycles. The van der Waals surface area contributed by atoms with Gasteiger partial charge in [0.1, 0.15) is 0 Å². The third-order valence-corrected chi connectivity index (χ3v) is 7.45. The molecule has 0 radical (unpaired) electrons. The van der Waals surface area contributed by atoms with Gasteiger partial charge in [-0.15, -0.1) is 0 Å². The molecule has 1 aromatic heterocycles. The number of aromatic nitrogens is 2. The van der Waals surface area contributed by atoms with E-state index in [1.807, 2.05) is 0 Å². The van der Waals surface area contributed by atoms with Gasteiger partial charge in [0.15, 0.2) is 0 Å². The van der Waals surface area contributed by atoms with Crippen LogP contribution in [0.3, 0.4) is 0 Å². The van der Waals surface area contributed by atoms with E-state index in [-0.39, 0.29) is 0 Å². The summed E-state index contributed by atoms with van der Waals surface area (Å²) in [4.78, 5) is 20.1. The summed E-state index contributed by atoms with van der Waals surface area (Å²) in [5.74, 6) is 1.61. The normalized spacial score (nSPS) is 32.8. The summed E-state index contributed by atoms with van der Waals surface area (Å²) < 4.78 is 2.20. The first-order chi connectivity index (χ1) is 14.1. The SMILES string of the molecule is CN(C)C[C@H]1[C@H]2C[C@H](CN(Cc3cc4n(n3)CCCNC4)C2)[C@@H]2CCCC(=O)N21. The van der Waals surface area contributed by atoms with Gasteiger partial charge in [0.05, 0.1) is 11.4 Å². The van der Waals surface area contributed by atoms with Crippen LogP contribution in [0.25, 0.3) is 0 Å². The highest BCUT2D eigenvalue weighted by Crippen LogP contribution is 2.42. The molecule has 1 amide bonds. The van der Waals surface area contributed by atoms with Crippen molar-refractivity contribution in [3.63, 3.8) is 0 Å². The Balaban J connectivity index is 1.34. The standard InChI is InChI=1S/C22H36N6O/c1-25(2)15-21-17-9-16(20-5-3-6-22(29)28(20)21)12-26(13-17)14-18-10-19-11-23-7-4-8-27(19)24-18/h10,16-17,20-21,23H,3-9,11-15H2,1-2H3/t16-,17+,20+,21+/m1/s1. The highest BCUT2D eigenvalue weighted by atomic mass is 16.2. The quantitative estimate of drug-likeness (QED) is 0.821. The zero-order valence-corrected chi connectivity index (χ0v) is 18.0. The van der Waals surface area contributed by atoms with E-state index in [1.165, 1.54) is 24.2 Å². The number of hydrogen-bond acceptors (Lipinski definition) is 5. The largest absolute Gasteiger partial charge is 0.335 e. The summed E-state index contributed by atoms with van der Waals surface area (Å²) in [6.45, 7) is 7.17. The van der Waals surface area contributed by atoms with Crippen molar-refractivity contribution >= 4 is 5.91 Å². The molecule has 1 aromatic rings. The number of amides is 1. The van der Waals surface area contributed by atoms with Gasteiger partial charge >= 0.3 is 0 Å². The van der Waals surface area contributed by atoms with Crippen LogP contribution in [0.4, 0.5) is 0 Å². The summed E-state index contributed by atoms with van der Waals surface area (Å²) in [6.07, 6.45) is 5.44. The van der Waals surface area contributed by atoms with Crippen molar-refractivity contribution in [1.82, 2.24) is 29.8 Å². The van der Waals surface area contributed by atoms with Gasteiger partial charge in [0.2, 0.25) is 5.91 Å². The molecule has 7 heteroatoms. The molecule has 5 rings (SSSR count). The number of likely N-dealkylation sites (tertiary alicyclic amines) is 1. The van der Waals surface area contributed by atoms with Gasteiger partial charge in [0.25, 0.3) is 0 Å². The molecule has 4 atom stereocenters. The lowest BCUT2D eigenvalue weighted by Gasteiger charge is -2.57. The number of fused-ring (bicyclic) bond motifs is 5. The molecular formula is C22H36N6O. The van der Waals surface area contributed by atoms with Gasteiger partial charge in [-0.1, -0.05) is 0 Å². The van der Waals surface area contributed by atoms with E-state index in [0.717, 1.165) is 65.1 Å². The Morgan fingerprint density at radius 1 is 1.24 bits per heavy atom. The molecule has 160 valence electrons. The third-order valence-electron chi connectivity index (χ3n) is 7.45. The van der Waals surface area contributed by atoms with Crippen molar-refractivity contribution in [3.05, 3.63) is 17.5 Å². The number of hydrogen-bond donors (Lipinski definition) is 1. The van der Waals surface area contributed by atoms with E-state index in [0.29, 0.717) is 29.8 Å². The topological polar surface area (TPSA) is 56.6 Å². The van der Waals surface area contributed by atoms with Crippen molar-refractivity contribution in [2.75, 3.05) is 40.3 Å². The van der Waals surface area contributed by atoms with Gasteiger partial charge in [-0.2, -0.15) is 5.10 Å². The van der Waals surface area contributed by atoms with E-state index in [9.17, 15) is 4.79 Å². The number of aryl methyl sites for hydroxylation is 1. The number of rotatable bonds is 4. The van der Waals surface area contributed by atoms with Crippen LogP contribution in [-0.2, 0) is 24.4 Å². The third kappa shape index (κ3) is 3.84. The van der Waals surface area contributed by atoms with E-state index in [4.69, 9.17) is 5.10 Å². The van der Waals surface area contributed by atoms with E-state index in [1.54, 1.807) is 0 Å². The van der Waals surface area contributed by atoms with Crippen molar-refractivity contribution in [3.8, 4) is 0 Å². The number of nitrogens with one attached hydrogen (secondary N) is 1. The van der Waals surface area contributed by atoms with Crippen molar-refractivity contribution in [2.45, 2.75) is 63.8 Å². The smallest absolute Gasteiger partial charge is 0.223 e. The van der Waals surface area contributed by atoms with Crippen LogP contribution in [0, 0.1) is 11.8 Å². The minimum Gasteiger partial charge on any atom is -0.335 e. The number of carbonyl (C=O) groups excluding carboxylic acids is 1. The summed E-state index contributed by atoms with van der Waals surface area (Å²) in [5.41, 5.74) is 2.54. The first-order valence-corrected chi connectivity index (χ1v) is 11.5. The maximum absolute atomic E-state index is 12.8. The Kier molecular flexibility index (Phi) is 5.39. The van der Waals surface area contributed by atoms with E-state index >= 15 is 0 Å². The first-order valence-electron chi connectivity index (χ1n) is 11.5. The highest BCUT2D eigenvalue weighted by molar-refractivity contribution is 5.78. The van der Waals surface area contributed by atoms with Crippen LogP contribution < -0.4 is 5.32 Å². The second-order valence-electron chi connectivity index (χ2n) is 9.92. The van der Waals surface area contributed by atoms with Crippen LogP contribution >= 0.6 is 0 Å². The Hall–Kier alpha value is -1.44. The fraction of sp³-hybridized carbons (Fsp3) is 0.818. The lowest BCUT2D eigenvalue weighted by atomic mass is 9.72. The van der Waals surface area contributed by atoms with Gasteiger partial charge in [-0.25, -0.2) is 0 Å². The minimum absolute atomic E-state index is 0.366. The van der Waals surface area contributed by atoms with Crippen molar-refractivity contribution < 1.29 is 4.79 Å². The number of carbonyl (C=O) groups is 1. The molecule has 4 aliphatic rings. The summed E-state index contributed by atoms with van der Waals surface area (Å²) in [5, 5.41) is 8.42. The molecule has 0 unspecified atom stereocenters. The predicted molar refractivity (Wildman–Crippen MR) is 112 cm³/mol. The lowest BCUT2D eigenvalue weighted by Crippen LogP contribution is -2.66. The van der Waals surface area contributed by atoms with Gasteiger partial charge in [-0.3, -0.25) is 14.4 Å². The van der Waals surface area contributed by atoms with Crippen molar-refractivity contribution in [1.29, 1.82) is 0 Å². The Labute approximate surface area is 174 Å². The Bertz CT molecular complexity index is 722. The molecule has 3 saturated heterocycles. The molecule has 29 heavy (non-hydrogen) atoms. The van der Waals surface area contributed by atoms with Crippen LogP contribution in [0.2, 0.25) is 0 Å². The first kappa shape index (κ1) is 19.5. The molecule has 3 fully saturated rings. The Morgan fingerprint density at radius 3 is 2.97 bits per heavy atom. The summed E-state index contributed by atoms with van der Waals surface area (Å²) in [6, 6.07) is 3.11. The molecule has 0 aliphatic carbocycles. The van der Waals surface area contributed by atoms with Crippen LogP contribution in [0.5, 0.6) is 0 Å². The zero-order valence-electron chi connectivity index (χ0n) is 18.0. The second kappa shape index (κ2) is 8.00. The monoisotopic (exact) mass is 400 g/mol.